The molecular formula is C28H33NO4S. The average molecular weight is 480 g/mol. The summed E-state index contributed by atoms with van der Waals surface area (Å²) in [6.07, 6.45) is 0.866. The predicted octanol–water partition coefficient (Wildman–Crippen LogP) is 7.13. The molecule has 1 amide bonds. The second-order valence-corrected chi connectivity index (χ2v) is 9.48. The molecule has 0 aliphatic carbocycles. The van der Waals surface area contributed by atoms with Crippen LogP contribution in [0.2, 0.25) is 0 Å². The summed E-state index contributed by atoms with van der Waals surface area (Å²) in [5.41, 5.74) is 5.70. The van der Waals surface area contributed by atoms with Crippen molar-refractivity contribution in [3.8, 4) is 16.9 Å². The lowest BCUT2D eigenvalue weighted by atomic mass is 9.99. The average Bonchev–Trinajstić information content (AvgIpc) is 3.22. The molecule has 34 heavy (non-hydrogen) atoms. The van der Waals surface area contributed by atoms with Crippen LogP contribution < -0.4 is 10.1 Å². The van der Waals surface area contributed by atoms with Crippen LogP contribution in [-0.2, 0) is 9.53 Å². The zero-order valence-corrected chi connectivity index (χ0v) is 21.4. The van der Waals surface area contributed by atoms with Gasteiger partial charge in [-0.05, 0) is 67.5 Å². The van der Waals surface area contributed by atoms with Gasteiger partial charge in [-0.1, -0.05) is 44.2 Å². The quantitative estimate of drug-likeness (QED) is 0.248. The number of carbonyl (C=O) groups excluding carboxylic acids is 2. The van der Waals surface area contributed by atoms with Gasteiger partial charge in [0, 0.05) is 17.4 Å². The minimum absolute atomic E-state index is 0.155. The molecule has 0 aliphatic rings. The topological polar surface area (TPSA) is 64.6 Å². The van der Waals surface area contributed by atoms with Crippen LogP contribution in [0.25, 0.3) is 11.1 Å². The number of carbonyl (C=O) groups is 2. The zero-order chi connectivity index (χ0) is 24.7. The van der Waals surface area contributed by atoms with Crippen LogP contribution in [0, 0.1) is 13.8 Å². The van der Waals surface area contributed by atoms with Crippen molar-refractivity contribution >= 4 is 28.2 Å². The first-order chi connectivity index (χ1) is 16.3. The van der Waals surface area contributed by atoms with Gasteiger partial charge in [0.05, 0.1) is 13.2 Å². The van der Waals surface area contributed by atoms with E-state index in [4.69, 9.17) is 9.47 Å². The molecule has 0 bridgehead atoms. The van der Waals surface area contributed by atoms with Gasteiger partial charge in [0.15, 0.2) is 0 Å². The van der Waals surface area contributed by atoms with Crippen molar-refractivity contribution in [3.05, 3.63) is 70.1 Å². The summed E-state index contributed by atoms with van der Waals surface area (Å²) in [6, 6.07) is 14.1. The van der Waals surface area contributed by atoms with E-state index in [-0.39, 0.29) is 12.5 Å². The van der Waals surface area contributed by atoms with Crippen LogP contribution in [-0.4, -0.2) is 25.1 Å². The molecule has 0 atom stereocenters. The van der Waals surface area contributed by atoms with Gasteiger partial charge >= 0.3 is 5.97 Å². The van der Waals surface area contributed by atoms with Crippen molar-refractivity contribution in [2.75, 3.05) is 18.5 Å². The standard InChI is InChI=1S/C28H33NO4S/c1-6-32-28(31)26-24(22-10-9-19(4)20(5)16-22)17-34-27(26)29-25(30)8-7-15-33-23-13-11-21(12-14-23)18(2)3/h9-14,16-18H,6-8,15H2,1-5H3,(H,29,30). The minimum Gasteiger partial charge on any atom is -0.494 e. The first-order valence-corrected chi connectivity index (χ1v) is 12.6. The SMILES string of the molecule is CCOC(=O)c1c(-c2ccc(C)c(C)c2)csc1NC(=O)CCCOc1ccc(C(C)C)cc1. The molecule has 1 heterocycles. The summed E-state index contributed by atoms with van der Waals surface area (Å²) in [5.74, 6) is 0.689. The second-order valence-electron chi connectivity index (χ2n) is 8.60. The van der Waals surface area contributed by atoms with Crippen molar-refractivity contribution in [3.63, 3.8) is 0 Å². The Morgan fingerprint density at radius 3 is 2.41 bits per heavy atom. The van der Waals surface area contributed by atoms with E-state index >= 15 is 0 Å². The van der Waals surface area contributed by atoms with Gasteiger partial charge in [-0.3, -0.25) is 4.79 Å². The van der Waals surface area contributed by atoms with Crippen LogP contribution in [0.15, 0.2) is 47.8 Å². The largest absolute Gasteiger partial charge is 0.494 e. The van der Waals surface area contributed by atoms with Gasteiger partial charge in [0.2, 0.25) is 5.91 Å². The maximum atomic E-state index is 12.8. The molecule has 180 valence electrons. The van der Waals surface area contributed by atoms with E-state index in [0.29, 0.717) is 35.9 Å². The molecule has 0 saturated heterocycles. The third kappa shape index (κ3) is 6.48. The fraction of sp³-hybridized carbons (Fsp3) is 0.357. The molecule has 6 heteroatoms. The Labute approximate surface area is 206 Å². The number of anilines is 1. The minimum atomic E-state index is -0.430. The van der Waals surface area contributed by atoms with Crippen molar-refractivity contribution in [1.82, 2.24) is 0 Å². The van der Waals surface area contributed by atoms with Crippen LogP contribution in [0.4, 0.5) is 5.00 Å². The summed E-state index contributed by atoms with van der Waals surface area (Å²) in [4.78, 5) is 25.4. The normalized spacial score (nSPS) is 10.9. The van der Waals surface area contributed by atoms with Gasteiger partial charge in [-0.15, -0.1) is 11.3 Å². The molecule has 0 radical (unpaired) electrons. The molecule has 3 rings (SSSR count). The molecule has 0 aliphatic heterocycles. The van der Waals surface area contributed by atoms with Crippen LogP contribution in [0.5, 0.6) is 5.75 Å². The molecule has 0 saturated carbocycles. The number of hydrogen-bond donors (Lipinski definition) is 1. The fourth-order valence-corrected chi connectivity index (χ4v) is 4.51. The lowest BCUT2D eigenvalue weighted by Crippen LogP contribution is -2.15. The molecule has 0 fully saturated rings. The van der Waals surface area contributed by atoms with Gasteiger partial charge < -0.3 is 14.8 Å². The van der Waals surface area contributed by atoms with E-state index in [9.17, 15) is 9.59 Å². The molecule has 5 nitrogen and oxygen atoms in total. The van der Waals surface area contributed by atoms with E-state index in [1.807, 2.05) is 36.6 Å². The molecule has 0 spiro atoms. The third-order valence-corrected chi connectivity index (χ3v) is 6.60. The third-order valence-electron chi connectivity index (χ3n) is 5.71. The van der Waals surface area contributed by atoms with Gasteiger partial charge in [-0.25, -0.2) is 4.79 Å². The lowest BCUT2D eigenvalue weighted by Gasteiger charge is -2.10. The van der Waals surface area contributed by atoms with Crippen molar-refractivity contribution < 1.29 is 19.1 Å². The number of thiophene rings is 1. The Balaban J connectivity index is 1.63. The highest BCUT2D eigenvalue weighted by molar-refractivity contribution is 7.15. The second kappa shape index (κ2) is 11.8. The Morgan fingerprint density at radius 1 is 1.03 bits per heavy atom. The van der Waals surface area contributed by atoms with E-state index in [2.05, 4.69) is 44.3 Å². The maximum absolute atomic E-state index is 12.8. The number of nitrogens with one attached hydrogen (secondary N) is 1. The summed E-state index contributed by atoms with van der Waals surface area (Å²) in [6.45, 7) is 10.9. The summed E-state index contributed by atoms with van der Waals surface area (Å²) in [7, 11) is 0. The van der Waals surface area contributed by atoms with E-state index in [0.717, 1.165) is 22.4 Å². The Bertz CT molecular complexity index is 1130. The van der Waals surface area contributed by atoms with Crippen molar-refractivity contribution in [2.24, 2.45) is 0 Å². The number of amides is 1. The maximum Gasteiger partial charge on any atom is 0.341 e. The number of aryl methyl sites for hydroxylation is 2. The van der Waals surface area contributed by atoms with E-state index in [1.54, 1.807) is 6.92 Å². The first kappa shape index (κ1) is 25.5. The highest BCUT2D eigenvalue weighted by Gasteiger charge is 2.23. The zero-order valence-electron chi connectivity index (χ0n) is 20.6. The van der Waals surface area contributed by atoms with Crippen molar-refractivity contribution in [1.29, 1.82) is 0 Å². The Morgan fingerprint density at radius 2 is 1.76 bits per heavy atom. The van der Waals surface area contributed by atoms with E-state index < -0.39 is 5.97 Å². The molecule has 0 unspecified atom stereocenters. The van der Waals surface area contributed by atoms with Gasteiger partial charge in [0.1, 0.15) is 16.3 Å². The van der Waals surface area contributed by atoms with Crippen LogP contribution in [0.3, 0.4) is 0 Å². The number of ether oxygens (including phenoxy) is 2. The molecule has 3 aromatic rings. The summed E-state index contributed by atoms with van der Waals surface area (Å²) >= 11 is 1.34. The van der Waals surface area contributed by atoms with Gasteiger partial charge in [0.25, 0.3) is 0 Å². The Kier molecular flexibility index (Phi) is 8.88. The molecule has 2 aromatic carbocycles. The predicted molar refractivity (Wildman–Crippen MR) is 139 cm³/mol. The molecular weight excluding hydrogens is 446 g/mol. The number of benzene rings is 2. The van der Waals surface area contributed by atoms with Crippen molar-refractivity contribution in [2.45, 2.75) is 53.4 Å². The summed E-state index contributed by atoms with van der Waals surface area (Å²) < 4.78 is 11.1. The molecule has 1 aromatic heterocycles. The Hall–Kier alpha value is -3.12. The fourth-order valence-electron chi connectivity index (χ4n) is 3.54. The number of rotatable bonds is 10. The van der Waals surface area contributed by atoms with E-state index in [1.165, 1.54) is 22.5 Å². The lowest BCUT2D eigenvalue weighted by molar-refractivity contribution is -0.116. The summed E-state index contributed by atoms with van der Waals surface area (Å²) in [5, 5.41) is 5.32. The monoisotopic (exact) mass is 479 g/mol. The first-order valence-electron chi connectivity index (χ1n) is 11.7. The number of esters is 1. The molecule has 1 N–H and O–H groups in total. The van der Waals surface area contributed by atoms with Crippen LogP contribution >= 0.6 is 11.3 Å². The van der Waals surface area contributed by atoms with Crippen LogP contribution in [0.1, 0.15) is 66.6 Å². The van der Waals surface area contributed by atoms with Gasteiger partial charge in [-0.2, -0.15) is 0 Å². The highest BCUT2D eigenvalue weighted by Crippen LogP contribution is 2.37. The smallest absolute Gasteiger partial charge is 0.341 e. The highest BCUT2D eigenvalue weighted by atomic mass is 32.1. The number of hydrogen-bond acceptors (Lipinski definition) is 5.